The summed E-state index contributed by atoms with van der Waals surface area (Å²) in [6.45, 7) is 5.19. The van der Waals surface area contributed by atoms with Crippen molar-refractivity contribution in [1.82, 2.24) is 5.32 Å². The highest BCUT2D eigenvalue weighted by molar-refractivity contribution is 6.02. The summed E-state index contributed by atoms with van der Waals surface area (Å²) in [5.41, 5.74) is 3.54. The van der Waals surface area contributed by atoms with Crippen LogP contribution in [0.2, 0.25) is 0 Å². The number of carbonyl (C=O) groups is 2. The van der Waals surface area contributed by atoms with Crippen LogP contribution in [0.4, 0.5) is 0 Å². The third kappa shape index (κ3) is 4.39. The first kappa shape index (κ1) is 22.3. The Bertz CT molecular complexity index is 1400. The lowest BCUT2D eigenvalue weighted by atomic mass is 9.98. The molecule has 0 saturated carbocycles. The van der Waals surface area contributed by atoms with E-state index in [4.69, 9.17) is 8.83 Å². The van der Waals surface area contributed by atoms with E-state index in [1.165, 1.54) is 0 Å². The van der Waals surface area contributed by atoms with Crippen molar-refractivity contribution in [3.05, 3.63) is 70.3 Å². The van der Waals surface area contributed by atoms with Crippen molar-refractivity contribution in [1.29, 1.82) is 0 Å². The van der Waals surface area contributed by atoms with Crippen LogP contribution in [-0.2, 0) is 16.0 Å². The van der Waals surface area contributed by atoms with Gasteiger partial charge in [-0.05, 0) is 36.5 Å². The van der Waals surface area contributed by atoms with Crippen LogP contribution < -0.4 is 16.0 Å². The second-order valence-corrected chi connectivity index (χ2v) is 8.46. The van der Waals surface area contributed by atoms with Gasteiger partial charge in [0.1, 0.15) is 11.2 Å². The molecular weight excluding hydrogens is 422 g/mol. The Labute approximate surface area is 190 Å². The Hall–Kier alpha value is -3.87. The summed E-state index contributed by atoms with van der Waals surface area (Å²) in [6, 6.07) is 12.4. The van der Waals surface area contributed by atoms with Gasteiger partial charge in [-0.15, -0.1) is 0 Å². The number of aryl methyl sites for hydroxylation is 1. The van der Waals surface area contributed by atoms with Crippen molar-refractivity contribution in [2.75, 3.05) is 0 Å². The summed E-state index contributed by atoms with van der Waals surface area (Å²) < 4.78 is 11.2. The normalized spacial score (nSPS) is 12.4. The Kier molecular flexibility index (Phi) is 6.05. The number of amides is 1. The zero-order valence-electron chi connectivity index (χ0n) is 18.6. The van der Waals surface area contributed by atoms with E-state index >= 15 is 0 Å². The molecule has 0 spiro atoms. The molecule has 1 amide bonds. The Morgan fingerprint density at radius 1 is 1.06 bits per heavy atom. The largest absolute Gasteiger partial charge is 0.548 e. The molecule has 170 valence electrons. The van der Waals surface area contributed by atoms with Crippen molar-refractivity contribution in [2.45, 2.75) is 39.7 Å². The quantitative estimate of drug-likeness (QED) is 0.436. The minimum Gasteiger partial charge on any atom is -0.548 e. The predicted molar refractivity (Wildman–Crippen MR) is 123 cm³/mol. The minimum atomic E-state index is -1.34. The third-order valence-corrected chi connectivity index (χ3v) is 5.91. The summed E-state index contributed by atoms with van der Waals surface area (Å²) in [5.74, 6) is -2.12. The van der Waals surface area contributed by atoms with Crippen LogP contribution in [0.5, 0.6) is 0 Å². The zero-order valence-corrected chi connectivity index (χ0v) is 18.6. The molecule has 0 unspecified atom stereocenters. The molecule has 1 N–H and O–H groups in total. The molecule has 2 heterocycles. The molecule has 1 atom stereocenters. The van der Waals surface area contributed by atoms with Gasteiger partial charge in [0.15, 0.2) is 0 Å². The van der Waals surface area contributed by atoms with E-state index in [9.17, 15) is 19.5 Å². The van der Waals surface area contributed by atoms with Gasteiger partial charge in [0.25, 0.3) is 0 Å². The van der Waals surface area contributed by atoms with E-state index in [1.54, 1.807) is 26.2 Å². The highest BCUT2D eigenvalue weighted by Gasteiger charge is 2.19. The highest BCUT2D eigenvalue weighted by atomic mass is 16.4. The topological polar surface area (TPSA) is 113 Å². The molecule has 0 aliphatic heterocycles. The van der Waals surface area contributed by atoms with Gasteiger partial charge in [0.2, 0.25) is 5.91 Å². The fourth-order valence-electron chi connectivity index (χ4n) is 4.02. The number of benzene rings is 2. The maximum atomic E-state index is 12.6. The molecule has 0 aliphatic rings. The molecule has 0 radical (unpaired) electrons. The molecule has 33 heavy (non-hydrogen) atoms. The number of carboxylic acids is 1. The molecule has 0 aliphatic carbocycles. The molecular formula is C26H24NO6-. The summed E-state index contributed by atoms with van der Waals surface area (Å²) in [5, 5.41) is 15.3. The van der Waals surface area contributed by atoms with Crippen molar-refractivity contribution in [3.8, 4) is 11.1 Å². The Morgan fingerprint density at radius 3 is 2.45 bits per heavy atom. The van der Waals surface area contributed by atoms with Crippen LogP contribution in [0.25, 0.3) is 33.1 Å². The number of hydrogen-bond acceptors (Lipinski definition) is 6. The van der Waals surface area contributed by atoms with Crippen LogP contribution >= 0.6 is 0 Å². The van der Waals surface area contributed by atoms with E-state index in [-0.39, 0.29) is 18.8 Å². The first-order chi connectivity index (χ1) is 15.8. The number of carboxylic acid groups (broad SMARTS) is 1. The van der Waals surface area contributed by atoms with Crippen LogP contribution in [-0.4, -0.2) is 17.9 Å². The van der Waals surface area contributed by atoms with Gasteiger partial charge in [-0.3, -0.25) is 4.79 Å². The fraction of sp³-hybridized carbons (Fsp3) is 0.269. The summed E-state index contributed by atoms with van der Waals surface area (Å²) >= 11 is 0. The number of nitrogens with one attached hydrogen (secondary N) is 1. The predicted octanol–water partition coefficient (Wildman–Crippen LogP) is 3.34. The van der Waals surface area contributed by atoms with Gasteiger partial charge >= 0.3 is 5.63 Å². The standard InChI is InChI=1S/C26H25NO6/c1-14(2)24(25(29)30)27-23(28)10-9-17-15(3)18-11-19-20(16-7-5-4-6-8-16)13-32-21(19)12-22(18)33-26(17)31/h4-8,11-14,24H,9-10H2,1-3H3,(H,27,28)(H,29,30)/p-1/t24-/m0/s1. The first-order valence-corrected chi connectivity index (χ1v) is 10.8. The number of rotatable bonds is 7. The van der Waals surface area contributed by atoms with Gasteiger partial charge < -0.3 is 24.1 Å². The SMILES string of the molecule is Cc1c(CCC(=O)N[C@H](C(=O)[O-])C(C)C)c(=O)oc2cc3occ(-c4ccccc4)c3cc12. The van der Waals surface area contributed by atoms with Gasteiger partial charge in [0, 0.05) is 34.4 Å². The number of carbonyl (C=O) groups excluding carboxylic acids is 2. The van der Waals surface area contributed by atoms with Crippen molar-refractivity contribution < 1.29 is 23.5 Å². The number of aliphatic carboxylic acids is 1. The van der Waals surface area contributed by atoms with Crippen molar-refractivity contribution in [2.24, 2.45) is 5.92 Å². The molecule has 4 rings (SSSR count). The van der Waals surface area contributed by atoms with Gasteiger partial charge in [-0.2, -0.15) is 0 Å². The Balaban J connectivity index is 1.67. The summed E-state index contributed by atoms with van der Waals surface area (Å²) in [6.07, 6.45) is 1.76. The molecule has 0 saturated heterocycles. The number of furan rings is 1. The van der Waals surface area contributed by atoms with Crippen LogP contribution in [0.1, 0.15) is 31.4 Å². The molecule has 4 aromatic rings. The van der Waals surface area contributed by atoms with E-state index in [0.29, 0.717) is 16.7 Å². The van der Waals surface area contributed by atoms with E-state index < -0.39 is 23.5 Å². The van der Waals surface area contributed by atoms with E-state index in [2.05, 4.69) is 5.32 Å². The van der Waals surface area contributed by atoms with Gasteiger partial charge in [-0.1, -0.05) is 44.2 Å². The van der Waals surface area contributed by atoms with Crippen molar-refractivity contribution >= 4 is 33.8 Å². The molecule has 7 heteroatoms. The second-order valence-electron chi connectivity index (χ2n) is 8.46. The molecule has 2 aromatic carbocycles. The molecule has 7 nitrogen and oxygen atoms in total. The van der Waals surface area contributed by atoms with Crippen molar-refractivity contribution in [3.63, 3.8) is 0 Å². The summed E-state index contributed by atoms with van der Waals surface area (Å²) in [4.78, 5) is 36.2. The maximum absolute atomic E-state index is 12.6. The smallest absolute Gasteiger partial charge is 0.339 e. The monoisotopic (exact) mass is 446 g/mol. The van der Waals surface area contributed by atoms with E-state index in [0.717, 1.165) is 27.5 Å². The summed E-state index contributed by atoms with van der Waals surface area (Å²) in [7, 11) is 0. The fourth-order valence-corrected chi connectivity index (χ4v) is 4.02. The molecule has 2 aromatic heterocycles. The van der Waals surface area contributed by atoms with Gasteiger partial charge in [-0.25, -0.2) is 4.79 Å². The second kappa shape index (κ2) is 8.94. The molecule has 0 fully saturated rings. The lowest BCUT2D eigenvalue weighted by molar-refractivity contribution is -0.309. The number of fused-ring (bicyclic) bond motifs is 2. The van der Waals surface area contributed by atoms with Crippen LogP contribution in [0, 0.1) is 12.8 Å². The average Bonchev–Trinajstić information content (AvgIpc) is 3.19. The van der Waals surface area contributed by atoms with Crippen LogP contribution in [0.3, 0.4) is 0 Å². The maximum Gasteiger partial charge on any atom is 0.339 e. The lowest BCUT2D eigenvalue weighted by Crippen LogP contribution is -2.50. The van der Waals surface area contributed by atoms with Crippen LogP contribution in [0.15, 0.2) is 62.4 Å². The third-order valence-electron chi connectivity index (χ3n) is 5.91. The zero-order chi connectivity index (χ0) is 23.7. The van der Waals surface area contributed by atoms with E-state index in [1.807, 2.05) is 43.3 Å². The minimum absolute atomic E-state index is 0.0448. The Morgan fingerprint density at radius 2 is 1.79 bits per heavy atom. The highest BCUT2D eigenvalue weighted by Crippen LogP contribution is 2.34. The first-order valence-electron chi connectivity index (χ1n) is 10.8. The lowest BCUT2D eigenvalue weighted by Gasteiger charge is -2.23. The van der Waals surface area contributed by atoms with Gasteiger partial charge in [0.05, 0.1) is 18.3 Å². The number of hydrogen-bond donors (Lipinski definition) is 1. The average molecular weight is 446 g/mol. The molecule has 0 bridgehead atoms.